The van der Waals surface area contributed by atoms with E-state index in [0.29, 0.717) is 22.3 Å². The normalized spacial score (nSPS) is 11.6. The van der Waals surface area contributed by atoms with Crippen molar-refractivity contribution in [3.05, 3.63) is 44.9 Å². The summed E-state index contributed by atoms with van der Waals surface area (Å²) in [6.45, 7) is 3.17. The first-order valence-electron chi connectivity index (χ1n) is 7.07. The van der Waals surface area contributed by atoms with Gasteiger partial charge in [-0.15, -0.1) is 0 Å². The van der Waals surface area contributed by atoms with E-state index in [2.05, 4.69) is 26.6 Å². The van der Waals surface area contributed by atoms with Crippen LogP contribution in [0.4, 0.5) is 0 Å². The zero-order valence-electron chi connectivity index (χ0n) is 13.7. The van der Waals surface area contributed by atoms with Gasteiger partial charge in [-0.2, -0.15) is 0 Å². The van der Waals surface area contributed by atoms with E-state index in [1.807, 2.05) is 0 Å². The maximum Gasteiger partial charge on any atom is 0.253 e. The van der Waals surface area contributed by atoms with Crippen molar-refractivity contribution in [1.82, 2.24) is 10.6 Å². The zero-order valence-corrected chi connectivity index (χ0v) is 15.3. The van der Waals surface area contributed by atoms with E-state index in [-0.39, 0.29) is 0 Å². The van der Waals surface area contributed by atoms with Gasteiger partial charge in [0.15, 0.2) is 11.9 Å². The Morgan fingerprint density at radius 1 is 0.960 bits per heavy atom. The Kier molecular flexibility index (Phi) is 7.06. The van der Waals surface area contributed by atoms with Crippen molar-refractivity contribution in [1.29, 1.82) is 10.8 Å². The molecule has 0 unspecified atom stereocenters. The summed E-state index contributed by atoms with van der Waals surface area (Å²) in [5, 5.41) is 18.6. The predicted octanol–water partition coefficient (Wildman–Crippen LogP) is 1.28. The molecule has 0 aliphatic rings. The summed E-state index contributed by atoms with van der Waals surface area (Å²) < 4.78 is 0.793. The van der Waals surface area contributed by atoms with Gasteiger partial charge in [-0.25, -0.2) is 0 Å². The zero-order chi connectivity index (χ0) is 19.1. The fraction of sp³-hybridized carbons (Fsp3) is 0.125. The number of hydrogen-bond acceptors (Lipinski definition) is 4. The minimum absolute atomic E-state index is 0.341. The molecule has 0 aliphatic carbocycles. The largest absolute Gasteiger partial charge is 0.370 e. The molecule has 0 aliphatic heterocycles. The van der Waals surface area contributed by atoms with Crippen molar-refractivity contribution in [2.75, 3.05) is 0 Å². The highest BCUT2D eigenvalue weighted by Crippen LogP contribution is 2.22. The Hall–Kier alpha value is -2.94. The molecule has 0 radical (unpaired) electrons. The third kappa shape index (κ3) is 6.60. The van der Waals surface area contributed by atoms with Crippen LogP contribution < -0.4 is 22.1 Å². The SMILES string of the molecule is CC(=Cc1ccc(Br)cc1C=C(C)C(=O)NC(=N)N)C(=O)NC(=N)N. The molecule has 0 heterocycles. The predicted molar refractivity (Wildman–Crippen MR) is 102 cm³/mol. The minimum atomic E-state index is -0.492. The van der Waals surface area contributed by atoms with Crippen LogP contribution in [0.5, 0.6) is 0 Å². The molecule has 1 aromatic rings. The second-order valence-corrected chi connectivity index (χ2v) is 6.08. The number of amides is 2. The van der Waals surface area contributed by atoms with Gasteiger partial charge in [0.2, 0.25) is 0 Å². The van der Waals surface area contributed by atoms with Gasteiger partial charge < -0.3 is 11.5 Å². The van der Waals surface area contributed by atoms with Crippen LogP contribution >= 0.6 is 15.9 Å². The highest BCUT2D eigenvalue weighted by Gasteiger charge is 2.09. The van der Waals surface area contributed by atoms with E-state index in [1.54, 1.807) is 44.2 Å². The Labute approximate surface area is 153 Å². The number of guanidine groups is 2. The number of rotatable bonds is 4. The van der Waals surface area contributed by atoms with E-state index in [0.717, 1.165) is 4.47 Å². The number of nitrogens with two attached hydrogens (primary N) is 2. The number of hydrogen-bond donors (Lipinski definition) is 6. The van der Waals surface area contributed by atoms with Crippen LogP contribution in [-0.4, -0.2) is 23.7 Å². The average Bonchev–Trinajstić information content (AvgIpc) is 2.48. The number of carbonyl (C=O) groups excluding carboxylic acids is 2. The Morgan fingerprint density at radius 3 is 1.84 bits per heavy atom. The number of halogens is 1. The van der Waals surface area contributed by atoms with Crippen molar-refractivity contribution in [3.8, 4) is 0 Å². The van der Waals surface area contributed by atoms with Crippen LogP contribution in [0.25, 0.3) is 12.2 Å². The Bertz CT molecular complexity index is 798. The maximum atomic E-state index is 11.9. The van der Waals surface area contributed by atoms with Gasteiger partial charge in [0.25, 0.3) is 11.8 Å². The van der Waals surface area contributed by atoms with Crippen molar-refractivity contribution in [2.24, 2.45) is 11.5 Å². The smallest absolute Gasteiger partial charge is 0.253 e. The lowest BCUT2D eigenvalue weighted by Gasteiger charge is -2.08. The molecule has 132 valence electrons. The summed E-state index contributed by atoms with van der Waals surface area (Å²) in [4.78, 5) is 23.7. The van der Waals surface area contributed by atoms with Crippen LogP contribution in [0.3, 0.4) is 0 Å². The number of benzene rings is 1. The quantitative estimate of drug-likeness (QED) is 0.252. The second-order valence-electron chi connectivity index (χ2n) is 5.16. The standard InChI is InChI=1S/C16H19BrN6O2/c1-8(13(24)22-15(18)19)5-10-3-4-12(17)7-11(10)6-9(2)14(25)23-16(20)21/h3-7H,1-2H3,(H4,18,19,22,24)(H4,20,21,23,25). The fourth-order valence-corrected chi connectivity index (χ4v) is 2.22. The van der Waals surface area contributed by atoms with Crippen LogP contribution in [-0.2, 0) is 9.59 Å². The first-order chi connectivity index (χ1) is 11.6. The number of nitrogens with one attached hydrogen (secondary N) is 4. The van der Waals surface area contributed by atoms with Gasteiger partial charge in [-0.1, -0.05) is 22.0 Å². The number of carbonyl (C=O) groups is 2. The van der Waals surface area contributed by atoms with Crippen molar-refractivity contribution in [2.45, 2.75) is 13.8 Å². The van der Waals surface area contributed by atoms with Gasteiger partial charge in [-0.05, 0) is 49.3 Å². The molecular formula is C16H19BrN6O2. The summed E-state index contributed by atoms with van der Waals surface area (Å²) in [6, 6.07) is 5.35. The topological polar surface area (TPSA) is 158 Å². The van der Waals surface area contributed by atoms with E-state index < -0.39 is 23.7 Å². The van der Waals surface area contributed by atoms with Gasteiger partial charge in [0, 0.05) is 15.6 Å². The molecule has 0 fully saturated rings. The summed E-state index contributed by atoms with van der Waals surface area (Å²) in [6.07, 6.45) is 3.23. The van der Waals surface area contributed by atoms with Gasteiger partial charge in [0.1, 0.15) is 0 Å². The molecule has 9 heteroatoms. The van der Waals surface area contributed by atoms with Gasteiger partial charge in [-0.3, -0.25) is 31.0 Å². The average molecular weight is 407 g/mol. The molecule has 0 bridgehead atoms. The van der Waals surface area contributed by atoms with Crippen molar-refractivity contribution < 1.29 is 9.59 Å². The summed E-state index contributed by atoms with van der Waals surface area (Å²) in [7, 11) is 0. The highest BCUT2D eigenvalue weighted by molar-refractivity contribution is 9.10. The molecule has 8 N–H and O–H groups in total. The summed E-state index contributed by atoms with van der Waals surface area (Å²) >= 11 is 3.36. The Morgan fingerprint density at radius 2 is 1.40 bits per heavy atom. The van der Waals surface area contributed by atoms with E-state index in [1.165, 1.54) is 0 Å². The van der Waals surface area contributed by atoms with E-state index in [9.17, 15) is 9.59 Å². The second kappa shape index (κ2) is 8.78. The molecule has 0 atom stereocenters. The molecule has 2 amide bonds. The Balaban J connectivity index is 3.23. The molecule has 1 aromatic carbocycles. The lowest BCUT2D eigenvalue weighted by atomic mass is 10.0. The molecule has 25 heavy (non-hydrogen) atoms. The van der Waals surface area contributed by atoms with E-state index in [4.69, 9.17) is 22.3 Å². The fourth-order valence-electron chi connectivity index (χ4n) is 1.84. The van der Waals surface area contributed by atoms with E-state index >= 15 is 0 Å². The summed E-state index contributed by atoms with van der Waals surface area (Å²) in [5.74, 6) is -1.86. The van der Waals surface area contributed by atoms with Gasteiger partial charge >= 0.3 is 0 Å². The first kappa shape index (κ1) is 20.1. The third-order valence-corrected chi connectivity index (χ3v) is 3.50. The van der Waals surface area contributed by atoms with Crippen LogP contribution in [0.15, 0.2) is 33.8 Å². The first-order valence-corrected chi connectivity index (χ1v) is 7.86. The van der Waals surface area contributed by atoms with Crippen molar-refractivity contribution in [3.63, 3.8) is 0 Å². The highest BCUT2D eigenvalue weighted by atomic mass is 79.9. The van der Waals surface area contributed by atoms with Crippen LogP contribution in [0.1, 0.15) is 25.0 Å². The lowest BCUT2D eigenvalue weighted by molar-refractivity contribution is -0.116. The lowest BCUT2D eigenvalue weighted by Crippen LogP contribution is -2.36. The molecule has 0 aromatic heterocycles. The molecule has 0 saturated carbocycles. The monoisotopic (exact) mass is 406 g/mol. The summed E-state index contributed by atoms with van der Waals surface area (Å²) in [5.41, 5.74) is 12.4. The molecule has 1 rings (SSSR count). The molecular weight excluding hydrogens is 388 g/mol. The molecule has 8 nitrogen and oxygen atoms in total. The van der Waals surface area contributed by atoms with Crippen molar-refractivity contribution >= 4 is 51.8 Å². The van der Waals surface area contributed by atoms with Gasteiger partial charge in [0.05, 0.1) is 0 Å². The molecule has 0 saturated heterocycles. The molecule has 0 spiro atoms. The van der Waals surface area contributed by atoms with Crippen LogP contribution in [0, 0.1) is 10.8 Å². The maximum absolute atomic E-state index is 11.9. The third-order valence-electron chi connectivity index (χ3n) is 3.01. The minimum Gasteiger partial charge on any atom is -0.370 e. The van der Waals surface area contributed by atoms with Crippen LogP contribution in [0.2, 0.25) is 0 Å².